The van der Waals surface area contributed by atoms with Crippen LogP contribution < -0.4 is 9.47 Å². The summed E-state index contributed by atoms with van der Waals surface area (Å²) in [5.41, 5.74) is -1.46. The summed E-state index contributed by atoms with van der Waals surface area (Å²) in [5.74, 6) is -0.0533. The third-order valence-electron chi connectivity index (χ3n) is 3.28. The second-order valence-electron chi connectivity index (χ2n) is 5.33. The molecule has 6 heteroatoms. The molecule has 1 unspecified atom stereocenters. The molecule has 0 radical (unpaired) electrons. The van der Waals surface area contributed by atoms with Crippen molar-refractivity contribution in [2.45, 2.75) is 32.0 Å². The number of aliphatic hydroxyl groups excluding tert-OH is 1. The molecule has 1 aliphatic heterocycles. The molecule has 0 spiro atoms. The molecule has 0 saturated heterocycles. The minimum Gasteiger partial charge on any atom is -0.490 e. The zero-order valence-corrected chi connectivity index (χ0v) is 12.3. The number of halogens is 1. The van der Waals surface area contributed by atoms with Crippen LogP contribution in [-0.2, 0) is 15.2 Å². The quantitative estimate of drug-likeness (QED) is 0.867. The van der Waals surface area contributed by atoms with E-state index in [0.29, 0.717) is 31.1 Å². The SMILES string of the molecule is COC(=O)C(O)c1cc2c(cc1C(C)(C)F)OCCCO2. The Morgan fingerprint density at radius 2 is 1.90 bits per heavy atom. The van der Waals surface area contributed by atoms with E-state index < -0.39 is 17.7 Å². The first-order valence-electron chi connectivity index (χ1n) is 6.73. The smallest absolute Gasteiger partial charge is 0.339 e. The Labute approximate surface area is 122 Å². The second kappa shape index (κ2) is 5.89. The van der Waals surface area contributed by atoms with Gasteiger partial charge in [0.05, 0.1) is 20.3 Å². The Kier molecular flexibility index (Phi) is 4.37. The topological polar surface area (TPSA) is 65.0 Å². The van der Waals surface area contributed by atoms with E-state index in [9.17, 15) is 14.3 Å². The zero-order chi connectivity index (χ0) is 15.6. The number of methoxy groups -OCH3 is 1. The minimum absolute atomic E-state index is 0.124. The van der Waals surface area contributed by atoms with Crippen molar-refractivity contribution in [3.05, 3.63) is 23.3 Å². The zero-order valence-electron chi connectivity index (χ0n) is 12.3. The molecule has 116 valence electrons. The molecule has 1 aromatic carbocycles. The predicted molar refractivity (Wildman–Crippen MR) is 73.2 cm³/mol. The molecule has 0 amide bonds. The van der Waals surface area contributed by atoms with Crippen molar-refractivity contribution in [2.75, 3.05) is 20.3 Å². The van der Waals surface area contributed by atoms with Crippen molar-refractivity contribution in [1.82, 2.24) is 0 Å². The molecule has 0 aromatic heterocycles. The van der Waals surface area contributed by atoms with E-state index in [2.05, 4.69) is 4.74 Å². The van der Waals surface area contributed by atoms with Crippen LogP contribution in [0, 0.1) is 0 Å². The van der Waals surface area contributed by atoms with Crippen LogP contribution in [0.15, 0.2) is 12.1 Å². The number of fused-ring (bicyclic) bond motifs is 1. The molecule has 1 aliphatic rings. The Morgan fingerprint density at radius 3 is 2.43 bits per heavy atom. The molecular formula is C15H19FO5. The highest BCUT2D eigenvalue weighted by Gasteiger charge is 2.31. The summed E-state index contributed by atoms with van der Waals surface area (Å²) in [6.45, 7) is 3.62. The Morgan fingerprint density at radius 1 is 1.33 bits per heavy atom. The molecule has 1 heterocycles. The molecule has 1 atom stereocenters. The predicted octanol–water partition coefficient (Wildman–Crippen LogP) is 2.26. The molecule has 0 saturated carbocycles. The fourth-order valence-corrected chi connectivity index (χ4v) is 2.20. The van der Waals surface area contributed by atoms with E-state index >= 15 is 0 Å². The number of benzene rings is 1. The van der Waals surface area contributed by atoms with Gasteiger partial charge in [0.1, 0.15) is 5.67 Å². The first kappa shape index (κ1) is 15.6. The number of aliphatic hydroxyl groups is 1. The lowest BCUT2D eigenvalue weighted by molar-refractivity contribution is -0.150. The van der Waals surface area contributed by atoms with E-state index in [4.69, 9.17) is 9.47 Å². The molecule has 1 N–H and O–H groups in total. The highest BCUT2D eigenvalue weighted by molar-refractivity contribution is 5.77. The van der Waals surface area contributed by atoms with Crippen molar-refractivity contribution in [2.24, 2.45) is 0 Å². The van der Waals surface area contributed by atoms with E-state index in [1.165, 1.54) is 26.0 Å². The Bertz CT molecular complexity index is 536. The van der Waals surface area contributed by atoms with Crippen LogP contribution in [0.4, 0.5) is 4.39 Å². The third-order valence-corrected chi connectivity index (χ3v) is 3.28. The summed E-state index contributed by atoms with van der Waals surface area (Å²) in [5, 5.41) is 10.1. The van der Waals surface area contributed by atoms with Crippen LogP contribution in [0.1, 0.15) is 37.5 Å². The molecule has 5 nitrogen and oxygen atoms in total. The highest BCUT2D eigenvalue weighted by atomic mass is 19.1. The molecule has 0 fully saturated rings. The van der Waals surface area contributed by atoms with Crippen LogP contribution in [-0.4, -0.2) is 31.4 Å². The third kappa shape index (κ3) is 3.26. The molecule has 1 aromatic rings. The molecule has 2 rings (SSSR count). The Hall–Kier alpha value is -1.82. The van der Waals surface area contributed by atoms with Crippen molar-refractivity contribution >= 4 is 5.97 Å². The normalized spacial score (nSPS) is 16.0. The first-order chi connectivity index (χ1) is 9.84. The maximum absolute atomic E-state index is 14.4. The second-order valence-corrected chi connectivity index (χ2v) is 5.33. The standard InChI is InChI=1S/C15H19FO5/c1-15(2,16)10-8-12-11(20-5-4-6-21-12)7-9(10)13(17)14(18)19-3/h7-8,13,17H,4-6H2,1-3H3. The van der Waals surface area contributed by atoms with Crippen molar-refractivity contribution in [3.8, 4) is 11.5 Å². The van der Waals surface area contributed by atoms with Gasteiger partial charge in [-0.25, -0.2) is 9.18 Å². The van der Waals surface area contributed by atoms with Crippen molar-refractivity contribution in [3.63, 3.8) is 0 Å². The summed E-state index contributed by atoms with van der Waals surface area (Å²) in [6, 6.07) is 2.92. The van der Waals surface area contributed by atoms with Gasteiger partial charge >= 0.3 is 5.97 Å². The highest BCUT2D eigenvalue weighted by Crippen LogP contribution is 2.40. The van der Waals surface area contributed by atoms with Crippen LogP contribution in [0.25, 0.3) is 0 Å². The number of ether oxygens (including phenoxy) is 3. The summed E-state index contributed by atoms with van der Waals surface area (Å²) in [7, 11) is 1.16. The lowest BCUT2D eigenvalue weighted by Crippen LogP contribution is -2.20. The van der Waals surface area contributed by atoms with Crippen LogP contribution >= 0.6 is 0 Å². The lowest BCUT2D eigenvalue weighted by Gasteiger charge is -2.23. The minimum atomic E-state index is -1.75. The monoisotopic (exact) mass is 298 g/mol. The van der Waals surface area contributed by atoms with Gasteiger partial charge in [0.2, 0.25) is 0 Å². The fourth-order valence-electron chi connectivity index (χ4n) is 2.20. The summed E-state index contributed by atoms with van der Waals surface area (Å²) >= 11 is 0. The number of carbonyl (C=O) groups excluding carboxylic acids is 1. The van der Waals surface area contributed by atoms with Crippen LogP contribution in [0.5, 0.6) is 11.5 Å². The number of alkyl halides is 1. The average molecular weight is 298 g/mol. The lowest BCUT2D eigenvalue weighted by atomic mass is 9.91. The van der Waals surface area contributed by atoms with E-state index in [1.54, 1.807) is 0 Å². The summed E-state index contributed by atoms with van der Waals surface area (Å²) < 4.78 is 30.0. The van der Waals surface area contributed by atoms with Crippen LogP contribution in [0.2, 0.25) is 0 Å². The van der Waals surface area contributed by atoms with Gasteiger partial charge in [0, 0.05) is 12.0 Å². The van der Waals surface area contributed by atoms with Crippen molar-refractivity contribution in [1.29, 1.82) is 0 Å². The number of hydrogen-bond donors (Lipinski definition) is 1. The average Bonchev–Trinajstić information content (AvgIpc) is 2.67. The van der Waals surface area contributed by atoms with Crippen LogP contribution in [0.3, 0.4) is 0 Å². The molecular weight excluding hydrogens is 279 g/mol. The number of rotatable bonds is 3. The first-order valence-corrected chi connectivity index (χ1v) is 6.73. The van der Waals surface area contributed by atoms with Gasteiger partial charge in [-0.1, -0.05) is 0 Å². The molecule has 21 heavy (non-hydrogen) atoms. The van der Waals surface area contributed by atoms with Crippen molar-refractivity contribution < 1.29 is 28.5 Å². The largest absolute Gasteiger partial charge is 0.490 e. The van der Waals surface area contributed by atoms with Gasteiger partial charge in [-0.15, -0.1) is 0 Å². The summed E-state index contributed by atoms with van der Waals surface area (Å²) in [4.78, 5) is 11.6. The fraction of sp³-hybridized carbons (Fsp3) is 0.533. The van der Waals surface area contributed by atoms with Gasteiger partial charge in [-0.05, 0) is 31.5 Å². The summed E-state index contributed by atoms with van der Waals surface area (Å²) in [6.07, 6.45) is -0.866. The van der Waals surface area contributed by atoms with Gasteiger partial charge in [-0.2, -0.15) is 0 Å². The van der Waals surface area contributed by atoms with E-state index in [0.717, 1.165) is 7.11 Å². The molecule has 0 bridgehead atoms. The Balaban J connectivity index is 2.55. The molecule has 0 aliphatic carbocycles. The maximum Gasteiger partial charge on any atom is 0.339 e. The van der Waals surface area contributed by atoms with E-state index in [-0.39, 0.29) is 11.1 Å². The van der Waals surface area contributed by atoms with Gasteiger partial charge < -0.3 is 19.3 Å². The number of esters is 1. The van der Waals surface area contributed by atoms with E-state index in [1.807, 2.05) is 0 Å². The van der Waals surface area contributed by atoms with Gasteiger partial charge in [-0.3, -0.25) is 0 Å². The van der Waals surface area contributed by atoms with Gasteiger partial charge in [0.15, 0.2) is 17.6 Å². The number of carbonyl (C=O) groups is 1. The maximum atomic E-state index is 14.4. The van der Waals surface area contributed by atoms with Gasteiger partial charge in [0.25, 0.3) is 0 Å². The number of hydrogen-bond acceptors (Lipinski definition) is 5.